The smallest absolute Gasteiger partial charge is 0.456 e. The number of fused-ring (bicyclic) bond motifs is 1. The molecule has 1 N–H and O–H groups in total. The lowest BCUT2D eigenvalue weighted by Crippen LogP contribution is -2.53. The van der Waals surface area contributed by atoms with Crippen LogP contribution in [0.3, 0.4) is 0 Å². The van der Waals surface area contributed by atoms with E-state index in [1.807, 2.05) is 30.3 Å². The predicted molar refractivity (Wildman–Crippen MR) is 120 cm³/mol. The molecule has 0 amide bonds. The SMILES string of the molecule is O=C(O)OC1Oc2ccc(Oc3cccnc3)cc2C(C2CCCCC2)(C2CCCCC2)O1. The Morgan fingerprint density at radius 3 is 2.27 bits per heavy atom. The molecule has 7 heteroatoms. The molecule has 1 aromatic carbocycles. The molecule has 3 aliphatic rings. The van der Waals surface area contributed by atoms with Crippen molar-refractivity contribution in [1.82, 2.24) is 4.98 Å². The number of pyridine rings is 1. The fourth-order valence-electron chi connectivity index (χ4n) is 6.03. The summed E-state index contributed by atoms with van der Waals surface area (Å²) in [6, 6.07) is 9.40. The Labute approximate surface area is 194 Å². The summed E-state index contributed by atoms with van der Waals surface area (Å²) in [5.74, 6) is 2.49. The molecule has 5 rings (SSSR count). The Balaban J connectivity index is 1.60. The highest BCUT2D eigenvalue weighted by molar-refractivity contribution is 5.57. The van der Waals surface area contributed by atoms with Crippen molar-refractivity contribution in [2.75, 3.05) is 0 Å². The number of benzene rings is 1. The molecular weight excluding hydrogens is 422 g/mol. The summed E-state index contributed by atoms with van der Waals surface area (Å²) in [6.45, 7) is -1.27. The third kappa shape index (κ3) is 4.51. The maximum absolute atomic E-state index is 11.4. The first kappa shape index (κ1) is 22.0. The summed E-state index contributed by atoms with van der Waals surface area (Å²) in [5, 5.41) is 9.30. The molecule has 2 aliphatic carbocycles. The van der Waals surface area contributed by atoms with E-state index >= 15 is 0 Å². The molecule has 0 bridgehead atoms. The summed E-state index contributed by atoms with van der Waals surface area (Å²) in [6.07, 6.45) is 13.2. The first-order valence-electron chi connectivity index (χ1n) is 12.1. The highest BCUT2D eigenvalue weighted by atomic mass is 16.9. The van der Waals surface area contributed by atoms with Crippen molar-refractivity contribution in [3.05, 3.63) is 48.3 Å². The molecule has 33 heavy (non-hydrogen) atoms. The van der Waals surface area contributed by atoms with Gasteiger partial charge in [-0.3, -0.25) is 9.72 Å². The minimum absolute atomic E-state index is 0.269. The topological polar surface area (TPSA) is 87.1 Å². The predicted octanol–water partition coefficient (Wildman–Crippen LogP) is 6.62. The van der Waals surface area contributed by atoms with E-state index in [2.05, 4.69) is 4.98 Å². The van der Waals surface area contributed by atoms with Gasteiger partial charge in [-0.2, -0.15) is 0 Å². The van der Waals surface area contributed by atoms with Gasteiger partial charge in [0.1, 0.15) is 22.8 Å². The van der Waals surface area contributed by atoms with Crippen LogP contribution in [-0.4, -0.2) is 22.7 Å². The van der Waals surface area contributed by atoms with E-state index in [9.17, 15) is 9.90 Å². The van der Waals surface area contributed by atoms with Gasteiger partial charge in [-0.1, -0.05) is 38.5 Å². The average Bonchev–Trinajstić information content (AvgIpc) is 2.85. The summed E-state index contributed by atoms with van der Waals surface area (Å²) in [7, 11) is 0. The lowest BCUT2D eigenvalue weighted by atomic mass is 9.63. The van der Waals surface area contributed by atoms with Crippen LogP contribution in [-0.2, 0) is 15.1 Å². The van der Waals surface area contributed by atoms with Crippen molar-refractivity contribution in [3.63, 3.8) is 0 Å². The lowest BCUT2D eigenvalue weighted by molar-refractivity contribution is -0.324. The largest absolute Gasteiger partial charge is 0.510 e. The molecule has 2 fully saturated rings. The summed E-state index contributed by atoms with van der Waals surface area (Å²) in [4.78, 5) is 15.5. The monoisotopic (exact) mass is 453 g/mol. The molecule has 1 aromatic heterocycles. The van der Waals surface area contributed by atoms with Crippen molar-refractivity contribution >= 4 is 6.16 Å². The Morgan fingerprint density at radius 2 is 1.67 bits per heavy atom. The summed E-state index contributed by atoms with van der Waals surface area (Å²) in [5.41, 5.74) is 0.288. The van der Waals surface area contributed by atoms with E-state index in [0.717, 1.165) is 56.9 Å². The van der Waals surface area contributed by atoms with Crippen LogP contribution in [0.5, 0.6) is 17.2 Å². The molecular formula is C26H31NO6. The van der Waals surface area contributed by atoms with E-state index in [-0.39, 0.29) is 11.8 Å². The second-order valence-electron chi connectivity index (χ2n) is 9.32. The van der Waals surface area contributed by atoms with E-state index in [1.54, 1.807) is 12.4 Å². The zero-order valence-electron chi connectivity index (χ0n) is 18.8. The Hall–Kier alpha value is -2.80. The van der Waals surface area contributed by atoms with Crippen LogP contribution in [0, 0.1) is 11.8 Å². The fraction of sp³-hybridized carbons (Fsp3) is 0.538. The van der Waals surface area contributed by atoms with Crippen molar-refractivity contribution in [1.29, 1.82) is 0 Å². The molecule has 1 atom stereocenters. The number of ether oxygens (including phenoxy) is 4. The third-order valence-electron chi connectivity index (χ3n) is 7.38. The fourth-order valence-corrected chi connectivity index (χ4v) is 6.03. The van der Waals surface area contributed by atoms with Gasteiger partial charge >= 0.3 is 12.6 Å². The van der Waals surface area contributed by atoms with Crippen molar-refractivity contribution in [2.24, 2.45) is 11.8 Å². The molecule has 1 aliphatic heterocycles. The van der Waals surface area contributed by atoms with Crippen molar-refractivity contribution in [3.8, 4) is 17.2 Å². The van der Waals surface area contributed by atoms with Gasteiger partial charge in [0.15, 0.2) is 0 Å². The Kier molecular flexibility index (Phi) is 6.40. The summed E-state index contributed by atoms with van der Waals surface area (Å²) >= 11 is 0. The van der Waals surface area contributed by atoms with Gasteiger partial charge < -0.3 is 19.3 Å². The number of carboxylic acid groups (broad SMARTS) is 1. The normalized spacial score (nSPS) is 23.2. The van der Waals surface area contributed by atoms with Gasteiger partial charge in [0.05, 0.1) is 6.20 Å². The molecule has 2 saturated carbocycles. The van der Waals surface area contributed by atoms with Crippen LogP contribution in [0.1, 0.15) is 69.8 Å². The zero-order chi connectivity index (χ0) is 22.7. The maximum Gasteiger partial charge on any atom is 0.510 e. The first-order valence-corrected chi connectivity index (χ1v) is 12.1. The number of hydrogen-bond donors (Lipinski definition) is 1. The molecule has 2 heterocycles. The van der Waals surface area contributed by atoms with Gasteiger partial charge in [-0.25, -0.2) is 4.79 Å². The maximum atomic E-state index is 11.4. The molecule has 0 radical (unpaired) electrons. The molecule has 2 aromatic rings. The molecule has 1 unspecified atom stereocenters. The quantitative estimate of drug-likeness (QED) is 0.509. The second kappa shape index (κ2) is 9.59. The minimum Gasteiger partial charge on any atom is -0.456 e. The van der Waals surface area contributed by atoms with Crippen LogP contribution in [0.4, 0.5) is 4.79 Å². The van der Waals surface area contributed by atoms with Crippen LogP contribution >= 0.6 is 0 Å². The van der Waals surface area contributed by atoms with Crippen LogP contribution in [0.15, 0.2) is 42.7 Å². The Morgan fingerprint density at radius 1 is 0.970 bits per heavy atom. The molecule has 7 nitrogen and oxygen atoms in total. The molecule has 0 spiro atoms. The van der Waals surface area contributed by atoms with Gasteiger partial charge in [-0.15, -0.1) is 0 Å². The number of rotatable bonds is 5. The van der Waals surface area contributed by atoms with Gasteiger partial charge in [-0.05, 0) is 67.9 Å². The molecule has 0 saturated heterocycles. The number of aromatic nitrogens is 1. The first-order chi connectivity index (χ1) is 16.1. The van der Waals surface area contributed by atoms with Gasteiger partial charge in [0.2, 0.25) is 0 Å². The van der Waals surface area contributed by atoms with Crippen LogP contribution < -0.4 is 9.47 Å². The van der Waals surface area contributed by atoms with E-state index in [4.69, 9.17) is 18.9 Å². The second-order valence-corrected chi connectivity index (χ2v) is 9.32. The van der Waals surface area contributed by atoms with Gasteiger partial charge in [0, 0.05) is 11.8 Å². The van der Waals surface area contributed by atoms with Crippen molar-refractivity contribution < 1.29 is 28.8 Å². The highest BCUT2D eigenvalue weighted by Gasteiger charge is 2.54. The minimum atomic E-state index is -1.40. The van der Waals surface area contributed by atoms with E-state index in [1.165, 1.54) is 12.8 Å². The average molecular weight is 454 g/mol. The number of hydrogen-bond acceptors (Lipinski definition) is 6. The van der Waals surface area contributed by atoms with E-state index in [0.29, 0.717) is 17.2 Å². The Bertz CT molecular complexity index is 935. The number of nitrogens with zero attached hydrogens (tertiary/aromatic N) is 1. The van der Waals surface area contributed by atoms with Gasteiger partial charge in [0.25, 0.3) is 0 Å². The van der Waals surface area contributed by atoms with Crippen LogP contribution in [0.25, 0.3) is 0 Å². The number of carbonyl (C=O) groups is 1. The van der Waals surface area contributed by atoms with Crippen LogP contribution in [0.2, 0.25) is 0 Å². The zero-order valence-corrected chi connectivity index (χ0v) is 18.8. The highest BCUT2D eigenvalue weighted by Crippen LogP contribution is 2.56. The standard InChI is InChI=1S/C26H31NO6/c28-24(29)32-25-31-23-14-13-20(30-21-12-7-15-27-17-21)16-22(23)26(33-25,18-8-3-1-4-9-18)19-10-5-2-6-11-19/h7,12-19,25H,1-6,8-11H2,(H,28,29). The third-order valence-corrected chi connectivity index (χ3v) is 7.38. The molecule has 176 valence electrons. The van der Waals surface area contributed by atoms with E-state index < -0.39 is 18.2 Å². The lowest BCUT2D eigenvalue weighted by Gasteiger charge is -2.52. The van der Waals surface area contributed by atoms with Crippen molar-refractivity contribution in [2.45, 2.75) is 76.3 Å². The summed E-state index contributed by atoms with van der Waals surface area (Å²) < 4.78 is 23.6.